The van der Waals surface area contributed by atoms with Crippen LogP contribution < -0.4 is 5.11 Å². The minimum atomic E-state index is -4.13. The van der Waals surface area contributed by atoms with Gasteiger partial charge in [0.15, 0.2) is 14.7 Å². The highest BCUT2D eigenvalue weighted by atomic mass is 32.2. The van der Waals surface area contributed by atoms with Crippen molar-refractivity contribution in [2.24, 2.45) is 23.2 Å². The van der Waals surface area contributed by atoms with Crippen LogP contribution in [-0.2, 0) is 15.7 Å². The molecule has 0 heterocycles. The standard InChI is InChI=1S/C18H14FS.C13H18F2O3/c19-15-11-13-18(14-12-15)20(16-7-3-1-4-8-16)17-9-5-2-6-10-17;14-13(15,11(17)18)10(16)12-4-7-1-8(5-12)3-9(2-7)6-12/h1-14H;7-10,16H,1-6H2,(H,17,18)/q+1;/p-1. The lowest BCUT2D eigenvalue weighted by Crippen LogP contribution is -2.61. The van der Waals surface area contributed by atoms with Crippen molar-refractivity contribution in [3.05, 3.63) is 90.7 Å². The average molecular weight is 541 g/mol. The van der Waals surface area contributed by atoms with E-state index in [1.165, 1.54) is 21.9 Å². The molecule has 4 saturated carbocycles. The number of aliphatic hydroxyl groups is 1. The first-order chi connectivity index (χ1) is 18.2. The lowest BCUT2D eigenvalue weighted by atomic mass is 9.47. The maximum atomic E-state index is 13.5. The van der Waals surface area contributed by atoms with E-state index in [1.807, 2.05) is 48.5 Å². The van der Waals surface area contributed by atoms with Crippen LogP contribution in [-0.4, -0.2) is 23.1 Å². The van der Waals surface area contributed by atoms with Gasteiger partial charge in [0, 0.05) is 5.41 Å². The van der Waals surface area contributed by atoms with E-state index >= 15 is 0 Å². The third-order valence-corrected chi connectivity index (χ3v) is 10.5. The number of hydrogen-bond acceptors (Lipinski definition) is 3. The van der Waals surface area contributed by atoms with E-state index in [1.54, 1.807) is 0 Å². The second-order valence-corrected chi connectivity index (χ2v) is 13.0. The first-order valence-electron chi connectivity index (χ1n) is 13.1. The molecular weight excluding hydrogens is 509 g/mol. The summed E-state index contributed by atoms with van der Waals surface area (Å²) >= 11 is 0. The van der Waals surface area contributed by atoms with Crippen LogP contribution in [0, 0.1) is 29.0 Å². The van der Waals surface area contributed by atoms with E-state index in [-0.39, 0.29) is 16.7 Å². The molecule has 4 aliphatic rings. The van der Waals surface area contributed by atoms with Crippen LogP contribution in [0.1, 0.15) is 38.5 Å². The minimum Gasteiger partial charge on any atom is -0.544 e. The Hall–Kier alpha value is -2.77. The van der Waals surface area contributed by atoms with Crippen molar-refractivity contribution in [2.45, 2.75) is 65.2 Å². The SMILES string of the molecule is Fc1ccc([S+](c2ccccc2)c2ccccc2)cc1.O=C([O-])C(F)(F)C(O)C12CC3CC(CC(C3)C1)C2. The van der Waals surface area contributed by atoms with Gasteiger partial charge in [0.2, 0.25) is 0 Å². The Balaban J connectivity index is 0.000000156. The van der Waals surface area contributed by atoms with E-state index in [9.17, 15) is 28.2 Å². The van der Waals surface area contributed by atoms with Gasteiger partial charge in [-0.25, -0.2) is 4.39 Å². The molecule has 1 atom stereocenters. The number of rotatable bonds is 6. The van der Waals surface area contributed by atoms with Gasteiger partial charge in [0.1, 0.15) is 17.9 Å². The molecule has 7 rings (SSSR count). The summed E-state index contributed by atoms with van der Waals surface area (Å²) in [4.78, 5) is 14.1. The summed E-state index contributed by atoms with van der Waals surface area (Å²) in [5, 5.41) is 20.5. The molecule has 38 heavy (non-hydrogen) atoms. The van der Waals surface area contributed by atoms with Crippen molar-refractivity contribution in [3.8, 4) is 0 Å². The van der Waals surface area contributed by atoms with Gasteiger partial charge < -0.3 is 15.0 Å². The second-order valence-electron chi connectivity index (χ2n) is 11.0. The van der Waals surface area contributed by atoms with E-state index in [0.717, 1.165) is 24.2 Å². The number of carboxylic acid groups (broad SMARTS) is 1. The zero-order valence-electron chi connectivity index (χ0n) is 20.9. The average Bonchev–Trinajstić information content (AvgIpc) is 2.90. The van der Waals surface area contributed by atoms with Gasteiger partial charge in [-0.3, -0.25) is 0 Å². The number of alkyl halides is 2. The molecule has 7 heteroatoms. The van der Waals surface area contributed by atoms with Crippen LogP contribution in [0.5, 0.6) is 0 Å². The number of carboxylic acids is 1. The molecule has 1 N–H and O–H groups in total. The summed E-state index contributed by atoms with van der Waals surface area (Å²) in [6.07, 6.45) is 2.72. The monoisotopic (exact) mass is 540 g/mol. The number of aliphatic hydroxyl groups excluding tert-OH is 1. The lowest BCUT2D eigenvalue weighted by molar-refractivity contribution is -0.342. The Morgan fingerprint density at radius 2 is 1.18 bits per heavy atom. The summed E-state index contributed by atoms with van der Waals surface area (Å²) in [6.45, 7) is 0. The summed E-state index contributed by atoms with van der Waals surface area (Å²) in [5.41, 5.74) is -0.891. The van der Waals surface area contributed by atoms with Crippen molar-refractivity contribution < 1.29 is 28.2 Å². The third-order valence-electron chi connectivity index (χ3n) is 8.29. The maximum Gasteiger partial charge on any atom is 0.312 e. The van der Waals surface area contributed by atoms with Crippen LogP contribution in [0.25, 0.3) is 0 Å². The zero-order valence-corrected chi connectivity index (χ0v) is 21.8. The molecule has 1 unspecified atom stereocenters. The van der Waals surface area contributed by atoms with Crippen molar-refractivity contribution in [1.29, 1.82) is 0 Å². The van der Waals surface area contributed by atoms with E-state index in [2.05, 4.69) is 24.3 Å². The number of carbonyl (C=O) groups is 1. The van der Waals surface area contributed by atoms with Crippen molar-refractivity contribution in [3.63, 3.8) is 0 Å². The van der Waals surface area contributed by atoms with Gasteiger partial charge in [-0.15, -0.1) is 0 Å². The van der Waals surface area contributed by atoms with Crippen molar-refractivity contribution >= 4 is 16.9 Å². The molecule has 0 spiro atoms. The number of aliphatic carboxylic acids is 1. The normalized spacial score (nSPS) is 26.5. The van der Waals surface area contributed by atoms with E-state index in [4.69, 9.17) is 0 Å². The van der Waals surface area contributed by atoms with Crippen molar-refractivity contribution in [2.75, 3.05) is 0 Å². The Morgan fingerprint density at radius 1 is 0.789 bits per heavy atom. The highest BCUT2D eigenvalue weighted by Gasteiger charge is 2.60. The quantitative estimate of drug-likeness (QED) is 0.398. The first-order valence-corrected chi connectivity index (χ1v) is 14.3. The third kappa shape index (κ3) is 5.36. The van der Waals surface area contributed by atoms with Crippen LogP contribution in [0.4, 0.5) is 13.2 Å². The fourth-order valence-corrected chi connectivity index (χ4v) is 9.18. The molecule has 0 radical (unpaired) electrons. The lowest BCUT2D eigenvalue weighted by Gasteiger charge is -2.59. The molecule has 4 bridgehead atoms. The number of benzene rings is 3. The van der Waals surface area contributed by atoms with Gasteiger partial charge >= 0.3 is 5.92 Å². The molecule has 0 aromatic heterocycles. The number of carbonyl (C=O) groups excluding carboxylic acids is 1. The molecular formula is C31H31F3O3S. The van der Waals surface area contributed by atoms with Crippen LogP contribution in [0.2, 0.25) is 0 Å². The first kappa shape index (κ1) is 26.8. The summed E-state index contributed by atoms with van der Waals surface area (Å²) < 4.78 is 40.2. The summed E-state index contributed by atoms with van der Waals surface area (Å²) in [5.74, 6) is -5.61. The highest BCUT2D eigenvalue weighted by molar-refractivity contribution is 7.97. The minimum absolute atomic E-state index is 0.190. The second kappa shape index (κ2) is 10.8. The molecule has 3 aromatic carbocycles. The topological polar surface area (TPSA) is 60.4 Å². The Kier molecular flexibility index (Phi) is 7.60. The van der Waals surface area contributed by atoms with Gasteiger partial charge in [-0.2, -0.15) is 8.78 Å². The molecule has 4 fully saturated rings. The molecule has 0 aliphatic heterocycles. The predicted octanol–water partition coefficient (Wildman–Crippen LogP) is 5.87. The largest absolute Gasteiger partial charge is 0.544 e. The predicted molar refractivity (Wildman–Crippen MR) is 138 cm³/mol. The zero-order chi connectivity index (χ0) is 26.9. The van der Waals surface area contributed by atoms with Gasteiger partial charge in [-0.1, -0.05) is 36.4 Å². The Morgan fingerprint density at radius 3 is 1.58 bits per heavy atom. The fourth-order valence-electron chi connectivity index (χ4n) is 7.10. The smallest absolute Gasteiger partial charge is 0.312 e. The van der Waals surface area contributed by atoms with Gasteiger partial charge in [0.25, 0.3) is 0 Å². The molecule has 3 nitrogen and oxygen atoms in total. The number of halogens is 3. The van der Waals surface area contributed by atoms with Crippen LogP contribution in [0.15, 0.2) is 99.6 Å². The molecule has 4 aliphatic carbocycles. The fraction of sp³-hybridized carbons (Fsp3) is 0.387. The molecule has 200 valence electrons. The van der Waals surface area contributed by atoms with E-state index < -0.39 is 23.4 Å². The highest BCUT2D eigenvalue weighted by Crippen LogP contribution is 2.62. The molecule has 0 saturated heterocycles. The van der Waals surface area contributed by atoms with Gasteiger partial charge in [-0.05, 0) is 105 Å². The van der Waals surface area contributed by atoms with Gasteiger partial charge in [0.05, 0.1) is 10.9 Å². The maximum absolute atomic E-state index is 13.5. The Labute approximate surface area is 224 Å². The van der Waals surface area contributed by atoms with Crippen LogP contribution >= 0.6 is 0 Å². The summed E-state index contributed by atoms with van der Waals surface area (Å²) in [6, 6.07) is 27.5. The molecule has 0 amide bonds. The van der Waals surface area contributed by atoms with E-state index in [0.29, 0.717) is 37.0 Å². The number of hydrogen-bond donors (Lipinski definition) is 1. The Bertz CT molecular complexity index is 1160. The van der Waals surface area contributed by atoms with Crippen LogP contribution in [0.3, 0.4) is 0 Å². The van der Waals surface area contributed by atoms with Crippen molar-refractivity contribution in [1.82, 2.24) is 0 Å². The summed E-state index contributed by atoms with van der Waals surface area (Å²) in [7, 11) is -0.190. The molecule has 3 aromatic rings.